The first kappa shape index (κ1) is 43.8. The van der Waals surface area contributed by atoms with E-state index in [1.165, 1.54) is 6.92 Å². The van der Waals surface area contributed by atoms with Crippen LogP contribution in [0, 0.1) is 0 Å². The molecule has 0 aromatic heterocycles. The summed E-state index contributed by atoms with van der Waals surface area (Å²) in [6.07, 6.45) is -10.5. The number of Topliss-reactive ketones (excluding diaryl/α,β-unsaturated/α-hetero) is 1. The van der Waals surface area contributed by atoms with Gasteiger partial charge in [-0.2, -0.15) is 0 Å². The Balaban J connectivity index is 1.41. The van der Waals surface area contributed by atoms with E-state index in [-0.39, 0.29) is 37.4 Å². The van der Waals surface area contributed by atoms with Crippen molar-refractivity contribution in [2.24, 2.45) is 5.11 Å². The van der Waals surface area contributed by atoms with E-state index in [0.717, 1.165) is 11.1 Å². The normalized spacial score (nSPS) is 26.2. The largest absolute Gasteiger partial charge is 0.497 e. The van der Waals surface area contributed by atoms with Crippen molar-refractivity contribution in [3.05, 3.63) is 142 Å². The van der Waals surface area contributed by atoms with Crippen LogP contribution in [0.25, 0.3) is 10.4 Å². The van der Waals surface area contributed by atoms with Crippen molar-refractivity contribution in [1.29, 1.82) is 0 Å². The highest BCUT2D eigenvalue weighted by molar-refractivity contribution is 5.89. The van der Waals surface area contributed by atoms with Gasteiger partial charge >= 0.3 is 11.9 Å². The summed E-state index contributed by atoms with van der Waals surface area (Å²) in [5, 5.41) is 4.01. The quantitative estimate of drug-likeness (QED) is 0.0423. The summed E-state index contributed by atoms with van der Waals surface area (Å²) in [5.41, 5.74) is 11.6. The molecule has 0 N–H and O–H groups in total. The van der Waals surface area contributed by atoms with Crippen LogP contribution in [0.5, 0.6) is 11.5 Å². The number of nitrogens with zero attached hydrogens (tertiary/aromatic N) is 3. The molecule has 15 heteroatoms. The first-order valence-corrected chi connectivity index (χ1v) is 19.7. The summed E-state index contributed by atoms with van der Waals surface area (Å²) in [5.74, 6) is -0.672. The standard InChI is InChI=1S/C45H49N3O12/c1-28(49)20-25-36(50)58-41-39(54-27-32-16-10-6-11-17-32)37(47-48-46)29(2)55-45(41)60-40-38(53-26-31-14-8-5-9-15-31)30(3)56-44(57-35-23-21-34(52-4)22-24-35)42(40)59-43(51)33-18-12-7-13-19-33/h5-19,21-24,29-30,37-42,44-45H,20,25-27H2,1-4H3/t29-,30+,37-,38+,39+,40-,41-,42-,44+,45+/m1/s1. The van der Waals surface area contributed by atoms with Crippen LogP contribution in [0.4, 0.5) is 0 Å². The Labute approximate surface area is 348 Å². The molecule has 4 aromatic carbocycles. The molecular formula is C45H49N3O12. The van der Waals surface area contributed by atoms with E-state index in [9.17, 15) is 19.9 Å². The lowest BCUT2D eigenvalue weighted by atomic mass is 9.95. The molecule has 60 heavy (non-hydrogen) atoms. The molecule has 0 spiro atoms. The molecule has 316 valence electrons. The number of methoxy groups -OCH3 is 1. The maximum Gasteiger partial charge on any atom is 0.338 e. The van der Waals surface area contributed by atoms with E-state index in [4.69, 9.17) is 42.6 Å². The summed E-state index contributed by atoms with van der Waals surface area (Å²) in [7, 11) is 1.55. The maximum absolute atomic E-state index is 13.9. The number of benzene rings is 4. The van der Waals surface area contributed by atoms with Gasteiger partial charge in [0.15, 0.2) is 18.5 Å². The molecule has 4 aromatic rings. The van der Waals surface area contributed by atoms with Crippen LogP contribution in [-0.4, -0.2) is 86.2 Å². The number of esters is 2. The predicted octanol–water partition coefficient (Wildman–Crippen LogP) is 7.31. The lowest BCUT2D eigenvalue weighted by molar-refractivity contribution is -0.344. The van der Waals surface area contributed by atoms with Crippen LogP contribution in [0.15, 0.2) is 120 Å². The lowest BCUT2D eigenvalue weighted by Crippen LogP contribution is -2.65. The van der Waals surface area contributed by atoms with E-state index in [1.807, 2.05) is 60.7 Å². The van der Waals surface area contributed by atoms with Crippen molar-refractivity contribution in [1.82, 2.24) is 0 Å². The highest BCUT2D eigenvalue weighted by atomic mass is 16.8. The lowest BCUT2D eigenvalue weighted by Gasteiger charge is -2.48. The average Bonchev–Trinajstić information content (AvgIpc) is 3.26. The first-order valence-electron chi connectivity index (χ1n) is 19.7. The molecule has 2 saturated heterocycles. The molecule has 2 fully saturated rings. The summed E-state index contributed by atoms with van der Waals surface area (Å²) in [6.45, 7) is 5.00. The second kappa shape index (κ2) is 21.5. The van der Waals surface area contributed by atoms with Crippen molar-refractivity contribution in [2.75, 3.05) is 7.11 Å². The van der Waals surface area contributed by atoms with Gasteiger partial charge in [-0.15, -0.1) is 0 Å². The third-order valence-corrected chi connectivity index (χ3v) is 10.0. The molecule has 2 heterocycles. The zero-order chi connectivity index (χ0) is 42.4. The first-order chi connectivity index (χ1) is 29.1. The van der Waals surface area contributed by atoms with Crippen LogP contribution in [0.3, 0.4) is 0 Å². The molecule has 0 amide bonds. The van der Waals surface area contributed by atoms with Gasteiger partial charge in [-0.05, 0) is 73.8 Å². The van der Waals surface area contributed by atoms with Gasteiger partial charge in [0, 0.05) is 11.3 Å². The molecule has 15 nitrogen and oxygen atoms in total. The molecule has 0 bridgehead atoms. The van der Waals surface area contributed by atoms with E-state index in [2.05, 4.69) is 10.0 Å². The Morgan fingerprint density at radius 2 is 1.20 bits per heavy atom. The topological polar surface area (TPSA) is 183 Å². The molecule has 2 aliphatic heterocycles. The van der Waals surface area contributed by atoms with Gasteiger partial charge in [-0.1, -0.05) is 84.0 Å². The monoisotopic (exact) mass is 823 g/mol. The van der Waals surface area contributed by atoms with Gasteiger partial charge in [0.1, 0.15) is 35.6 Å². The van der Waals surface area contributed by atoms with Gasteiger partial charge in [-0.25, -0.2) is 4.79 Å². The zero-order valence-corrected chi connectivity index (χ0v) is 33.8. The summed E-state index contributed by atoms with van der Waals surface area (Å²) >= 11 is 0. The molecule has 0 saturated carbocycles. The van der Waals surface area contributed by atoms with Gasteiger partial charge < -0.3 is 47.4 Å². The van der Waals surface area contributed by atoms with Crippen molar-refractivity contribution >= 4 is 17.7 Å². The molecule has 6 rings (SSSR count). The SMILES string of the molecule is COc1ccc(O[C@@H]2O[C@@H](C)[C@H](OCc3ccccc3)[C@@H](O[C@@H]3O[C@H](C)[C@@H](N=[N+]=[N-])[C@H](OCc4ccccc4)[C@H]3OC(=O)CCC(C)=O)[C@H]2OC(=O)c2ccccc2)cc1. The Kier molecular flexibility index (Phi) is 15.7. The van der Waals surface area contributed by atoms with Crippen LogP contribution >= 0.6 is 0 Å². The van der Waals surface area contributed by atoms with E-state index < -0.39 is 73.3 Å². The number of carbonyl (C=O) groups is 3. The molecular weight excluding hydrogens is 775 g/mol. The molecule has 2 aliphatic rings. The second-order valence-electron chi connectivity index (χ2n) is 14.4. The number of azide groups is 1. The van der Waals surface area contributed by atoms with Crippen LogP contribution in [0.1, 0.15) is 55.1 Å². The highest BCUT2D eigenvalue weighted by Gasteiger charge is 2.55. The highest BCUT2D eigenvalue weighted by Crippen LogP contribution is 2.36. The summed E-state index contributed by atoms with van der Waals surface area (Å²) in [6, 6.07) is 33.0. The van der Waals surface area contributed by atoms with E-state index >= 15 is 0 Å². The number of carbonyl (C=O) groups excluding carboxylic acids is 3. The van der Waals surface area contributed by atoms with E-state index in [1.54, 1.807) is 75.6 Å². The maximum atomic E-state index is 13.9. The number of hydrogen-bond acceptors (Lipinski definition) is 13. The molecule has 0 aliphatic carbocycles. The number of rotatable bonds is 18. The predicted molar refractivity (Wildman–Crippen MR) is 216 cm³/mol. The average molecular weight is 824 g/mol. The van der Waals surface area contributed by atoms with Gasteiger partial charge in [0.2, 0.25) is 6.29 Å². The van der Waals surface area contributed by atoms with Crippen molar-refractivity contribution in [3.63, 3.8) is 0 Å². The Hall–Kier alpha value is -5.80. The molecule has 10 atom stereocenters. The number of ether oxygens (including phenoxy) is 9. The van der Waals surface area contributed by atoms with Gasteiger partial charge in [-0.3, -0.25) is 4.79 Å². The van der Waals surface area contributed by atoms with Crippen molar-refractivity contribution < 1.29 is 57.0 Å². The minimum Gasteiger partial charge on any atom is -0.497 e. The Morgan fingerprint density at radius 1 is 0.650 bits per heavy atom. The fourth-order valence-corrected chi connectivity index (χ4v) is 6.94. The van der Waals surface area contributed by atoms with Crippen LogP contribution in [0.2, 0.25) is 0 Å². The van der Waals surface area contributed by atoms with Gasteiger partial charge in [0.25, 0.3) is 0 Å². The van der Waals surface area contributed by atoms with Crippen molar-refractivity contribution in [2.45, 2.75) is 108 Å². The molecule has 0 unspecified atom stereocenters. The Bertz CT molecular complexity index is 2030. The fourth-order valence-electron chi connectivity index (χ4n) is 6.94. The third kappa shape index (κ3) is 11.7. The minimum absolute atomic E-state index is 0.0517. The van der Waals surface area contributed by atoms with Gasteiger partial charge in [0.05, 0.1) is 50.6 Å². The third-order valence-electron chi connectivity index (χ3n) is 10.0. The Morgan fingerprint density at radius 3 is 1.78 bits per heavy atom. The smallest absolute Gasteiger partial charge is 0.338 e. The van der Waals surface area contributed by atoms with Crippen LogP contribution in [-0.2, 0) is 56.0 Å². The number of hydrogen-bond donors (Lipinski definition) is 0. The van der Waals surface area contributed by atoms with Crippen LogP contribution < -0.4 is 9.47 Å². The van der Waals surface area contributed by atoms with Crippen molar-refractivity contribution in [3.8, 4) is 11.5 Å². The second-order valence-corrected chi connectivity index (χ2v) is 14.4. The fraction of sp³-hybridized carbons (Fsp3) is 0.400. The zero-order valence-electron chi connectivity index (χ0n) is 33.8. The van der Waals surface area contributed by atoms with E-state index in [0.29, 0.717) is 11.5 Å². The number of ketones is 1. The summed E-state index contributed by atoms with van der Waals surface area (Å²) < 4.78 is 56.9. The summed E-state index contributed by atoms with van der Waals surface area (Å²) in [4.78, 5) is 42.4. The minimum atomic E-state index is -1.43. The molecule has 0 radical (unpaired) electrons.